The van der Waals surface area contributed by atoms with Crippen LogP contribution in [-0.2, 0) is 6.54 Å². The maximum Gasteiger partial charge on any atom is 0.291 e. The van der Waals surface area contributed by atoms with Gasteiger partial charge in [0.15, 0.2) is 5.76 Å². The Morgan fingerprint density at radius 2 is 1.58 bits per heavy atom. The van der Waals surface area contributed by atoms with E-state index in [9.17, 15) is 9.59 Å². The quantitative estimate of drug-likeness (QED) is 0.730. The van der Waals surface area contributed by atoms with Crippen LogP contribution in [0.25, 0.3) is 0 Å². The van der Waals surface area contributed by atoms with Crippen LogP contribution in [0.4, 0.5) is 5.69 Å². The molecule has 2 amide bonds. The first-order chi connectivity index (χ1) is 12.5. The molecule has 0 bridgehead atoms. The second-order valence-electron chi connectivity index (χ2n) is 6.15. The minimum absolute atomic E-state index is 0.191. The Hall–Kier alpha value is -3.34. The molecule has 0 saturated heterocycles. The maximum atomic E-state index is 12.3. The van der Waals surface area contributed by atoms with Crippen molar-refractivity contribution in [2.45, 2.75) is 20.4 Å². The minimum Gasteiger partial charge on any atom is -0.454 e. The van der Waals surface area contributed by atoms with Gasteiger partial charge in [-0.25, -0.2) is 0 Å². The van der Waals surface area contributed by atoms with Crippen LogP contribution in [0.5, 0.6) is 0 Å². The normalized spacial score (nSPS) is 10.4. The molecule has 0 unspecified atom stereocenters. The molecule has 5 heteroatoms. The zero-order valence-electron chi connectivity index (χ0n) is 14.7. The third-order valence-corrected chi connectivity index (χ3v) is 3.82. The lowest BCUT2D eigenvalue weighted by molar-refractivity contribution is 0.0948. The highest BCUT2D eigenvalue weighted by molar-refractivity contribution is 6.02. The fourth-order valence-corrected chi connectivity index (χ4v) is 2.69. The summed E-state index contributed by atoms with van der Waals surface area (Å²) in [6, 6.07) is 18.0. The first-order valence-corrected chi connectivity index (χ1v) is 8.33. The van der Waals surface area contributed by atoms with Crippen molar-refractivity contribution >= 4 is 17.5 Å². The van der Waals surface area contributed by atoms with E-state index >= 15 is 0 Å². The van der Waals surface area contributed by atoms with E-state index in [1.165, 1.54) is 0 Å². The van der Waals surface area contributed by atoms with Gasteiger partial charge in [-0.2, -0.15) is 0 Å². The summed E-state index contributed by atoms with van der Waals surface area (Å²) in [5, 5.41) is 5.59. The number of carbonyl (C=O) groups excluding carboxylic acids is 2. The monoisotopic (exact) mass is 348 g/mol. The van der Waals surface area contributed by atoms with Gasteiger partial charge in [0, 0.05) is 11.3 Å². The minimum atomic E-state index is -0.323. The number of hydrogen-bond donors (Lipinski definition) is 2. The number of furan rings is 1. The van der Waals surface area contributed by atoms with E-state index in [1.807, 2.05) is 38.1 Å². The topological polar surface area (TPSA) is 71.3 Å². The summed E-state index contributed by atoms with van der Waals surface area (Å²) in [5.41, 5.74) is 3.45. The second kappa shape index (κ2) is 7.70. The Bertz CT molecular complexity index is 909. The van der Waals surface area contributed by atoms with Gasteiger partial charge in [0.05, 0.1) is 6.54 Å². The lowest BCUT2D eigenvalue weighted by atomic mass is 10.1. The van der Waals surface area contributed by atoms with Crippen LogP contribution in [0.3, 0.4) is 0 Å². The zero-order valence-corrected chi connectivity index (χ0v) is 14.7. The molecule has 1 aromatic heterocycles. The van der Waals surface area contributed by atoms with E-state index in [1.54, 1.807) is 36.4 Å². The summed E-state index contributed by atoms with van der Waals surface area (Å²) in [6.45, 7) is 4.16. The molecule has 132 valence electrons. The number of rotatable bonds is 5. The van der Waals surface area contributed by atoms with Gasteiger partial charge in [-0.05, 0) is 61.4 Å². The summed E-state index contributed by atoms with van der Waals surface area (Å²) >= 11 is 0. The highest BCUT2D eigenvalue weighted by Gasteiger charge is 2.13. The number of nitrogens with one attached hydrogen (secondary N) is 2. The fraction of sp³-hybridized carbons (Fsp3) is 0.143. The van der Waals surface area contributed by atoms with Crippen LogP contribution >= 0.6 is 0 Å². The molecular weight excluding hydrogens is 328 g/mol. The first-order valence-electron chi connectivity index (χ1n) is 8.33. The highest BCUT2D eigenvalue weighted by atomic mass is 16.4. The fourth-order valence-electron chi connectivity index (χ4n) is 2.69. The Kier molecular flexibility index (Phi) is 5.17. The molecule has 0 fully saturated rings. The van der Waals surface area contributed by atoms with Gasteiger partial charge < -0.3 is 15.1 Å². The van der Waals surface area contributed by atoms with Gasteiger partial charge in [0.1, 0.15) is 5.76 Å². The molecule has 26 heavy (non-hydrogen) atoms. The average Bonchev–Trinajstić information content (AvgIpc) is 3.08. The molecule has 0 saturated carbocycles. The molecule has 0 aliphatic rings. The highest BCUT2D eigenvalue weighted by Crippen LogP contribution is 2.16. The number of benzene rings is 2. The predicted molar refractivity (Wildman–Crippen MR) is 100 cm³/mol. The molecule has 0 aliphatic carbocycles. The van der Waals surface area contributed by atoms with E-state index in [4.69, 9.17) is 4.42 Å². The Balaban J connectivity index is 1.60. The molecule has 2 aromatic carbocycles. The molecule has 0 atom stereocenters. The lowest BCUT2D eigenvalue weighted by Crippen LogP contribution is -2.22. The van der Waals surface area contributed by atoms with Crippen molar-refractivity contribution in [3.8, 4) is 0 Å². The van der Waals surface area contributed by atoms with Crippen molar-refractivity contribution in [3.63, 3.8) is 0 Å². The summed E-state index contributed by atoms with van der Waals surface area (Å²) < 4.78 is 5.54. The largest absolute Gasteiger partial charge is 0.454 e. The first kappa shape index (κ1) is 17.5. The molecule has 3 aromatic rings. The van der Waals surface area contributed by atoms with E-state index in [0.29, 0.717) is 11.3 Å². The number of amides is 2. The van der Waals surface area contributed by atoms with Crippen LogP contribution < -0.4 is 10.6 Å². The average molecular weight is 348 g/mol. The maximum absolute atomic E-state index is 12.3. The summed E-state index contributed by atoms with van der Waals surface area (Å²) in [6.07, 6.45) is 0. The molecule has 0 radical (unpaired) electrons. The third-order valence-electron chi connectivity index (χ3n) is 3.82. The van der Waals surface area contributed by atoms with Crippen molar-refractivity contribution in [1.82, 2.24) is 5.32 Å². The third kappa shape index (κ3) is 4.39. The molecule has 1 heterocycles. The van der Waals surface area contributed by atoms with Crippen molar-refractivity contribution in [2.24, 2.45) is 0 Å². The van der Waals surface area contributed by atoms with Crippen LogP contribution in [0.2, 0.25) is 0 Å². The molecule has 3 rings (SSSR count). The van der Waals surface area contributed by atoms with Crippen molar-refractivity contribution in [2.75, 3.05) is 5.32 Å². The summed E-state index contributed by atoms with van der Waals surface area (Å²) in [5.74, 6) is 0.201. The van der Waals surface area contributed by atoms with Crippen LogP contribution in [0.1, 0.15) is 37.8 Å². The van der Waals surface area contributed by atoms with Gasteiger partial charge in [-0.3, -0.25) is 9.59 Å². The smallest absolute Gasteiger partial charge is 0.291 e. The van der Waals surface area contributed by atoms with Crippen LogP contribution in [0.15, 0.2) is 65.1 Å². The van der Waals surface area contributed by atoms with Gasteiger partial charge in [0.25, 0.3) is 11.8 Å². The SMILES string of the molecule is Cc1cc(C)cc(NC(=O)c2ccc(CNC(=O)c3ccccc3)o2)c1. The van der Waals surface area contributed by atoms with E-state index in [0.717, 1.165) is 16.8 Å². The predicted octanol–water partition coefficient (Wildman–Crippen LogP) is 4.08. The Labute approximate surface area is 152 Å². The Morgan fingerprint density at radius 3 is 2.27 bits per heavy atom. The molecular formula is C21H20N2O3. The van der Waals surface area contributed by atoms with Gasteiger partial charge in [-0.15, -0.1) is 0 Å². The molecule has 0 spiro atoms. The Morgan fingerprint density at radius 1 is 0.885 bits per heavy atom. The molecule has 5 nitrogen and oxygen atoms in total. The van der Waals surface area contributed by atoms with E-state index < -0.39 is 0 Å². The van der Waals surface area contributed by atoms with Gasteiger partial charge in [-0.1, -0.05) is 24.3 Å². The van der Waals surface area contributed by atoms with Gasteiger partial charge in [0.2, 0.25) is 0 Å². The number of anilines is 1. The molecule has 0 aliphatic heterocycles. The van der Waals surface area contributed by atoms with E-state index in [2.05, 4.69) is 10.6 Å². The van der Waals surface area contributed by atoms with Crippen molar-refractivity contribution < 1.29 is 14.0 Å². The lowest BCUT2D eigenvalue weighted by Gasteiger charge is -2.06. The van der Waals surface area contributed by atoms with E-state index in [-0.39, 0.29) is 24.1 Å². The zero-order chi connectivity index (χ0) is 18.5. The van der Waals surface area contributed by atoms with Gasteiger partial charge >= 0.3 is 0 Å². The number of carbonyl (C=O) groups is 2. The number of aryl methyl sites for hydroxylation is 2. The van der Waals surface area contributed by atoms with Crippen LogP contribution in [0, 0.1) is 13.8 Å². The molecule has 2 N–H and O–H groups in total. The van der Waals surface area contributed by atoms with Crippen LogP contribution in [-0.4, -0.2) is 11.8 Å². The second-order valence-corrected chi connectivity index (χ2v) is 6.15. The summed E-state index contributed by atoms with van der Waals surface area (Å²) in [7, 11) is 0. The van der Waals surface area contributed by atoms with Crippen molar-refractivity contribution in [3.05, 3.63) is 88.9 Å². The number of hydrogen-bond acceptors (Lipinski definition) is 3. The standard InChI is InChI=1S/C21H20N2O3/c1-14-10-15(2)12-17(11-14)23-21(25)19-9-8-18(26-19)13-22-20(24)16-6-4-3-5-7-16/h3-12H,13H2,1-2H3,(H,22,24)(H,23,25). The van der Waals surface area contributed by atoms with Crippen molar-refractivity contribution in [1.29, 1.82) is 0 Å². The summed E-state index contributed by atoms with van der Waals surface area (Å²) in [4.78, 5) is 24.3.